The molecule has 0 amide bonds. The Morgan fingerprint density at radius 1 is 1.12 bits per heavy atom. The largest absolute Gasteiger partial charge is 0.317 e. The predicted molar refractivity (Wildman–Crippen MR) is 92.9 cm³/mol. The maximum Gasteiger partial charge on any atom is 0.294 e. The summed E-state index contributed by atoms with van der Waals surface area (Å²) in [5.41, 5.74) is 0.956. The van der Waals surface area contributed by atoms with Gasteiger partial charge in [0, 0.05) is 18.3 Å². The molecule has 8 heteroatoms. The molecular formula is C16H20ClN3O3S. The van der Waals surface area contributed by atoms with Gasteiger partial charge in [-0.1, -0.05) is 29.3 Å². The second-order valence-electron chi connectivity index (χ2n) is 5.57. The van der Waals surface area contributed by atoms with Crippen molar-refractivity contribution in [2.24, 2.45) is 0 Å². The summed E-state index contributed by atoms with van der Waals surface area (Å²) in [5.74, 6) is 1.45. The predicted octanol–water partition coefficient (Wildman–Crippen LogP) is 2.84. The Hall–Kier alpha value is -1.54. The highest BCUT2D eigenvalue weighted by Gasteiger charge is 2.17. The number of benzene rings is 1. The Balaban J connectivity index is 0.000000177. The van der Waals surface area contributed by atoms with Crippen LogP contribution in [0.5, 0.6) is 0 Å². The average Bonchev–Trinajstić information content (AvgIpc) is 2.56. The van der Waals surface area contributed by atoms with Crippen molar-refractivity contribution in [3.63, 3.8) is 0 Å². The first kappa shape index (κ1) is 18.8. The van der Waals surface area contributed by atoms with E-state index in [4.69, 9.17) is 16.2 Å². The number of nitrogens with zero attached hydrogens (tertiary/aromatic N) is 2. The van der Waals surface area contributed by atoms with Crippen LogP contribution >= 0.6 is 11.6 Å². The highest BCUT2D eigenvalue weighted by Crippen LogP contribution is 2.21. The van der Waals surface area contributed by atoms with Crippen molar-refractivity contribution in [3.05, 3.63) is 53.1 Å². The number of nitrogens with one attached hydrogen (secondary N) is 1. The summed E-state index contributed by atoms with van der Waals surface area (Å²) in [6, 6.07) is 5.99. The van der Waals surface area contributed by atoms with Gasteiger partial charge >= 0.3 is 0 Å². The normalized spacial score (nSPS) is 15.5. The summed E-state index contributed by atoms with van der Waals surface area (Å²) in [6.07, 6.45) is 5.60. The topological polar surface area (TPSA) is 92.2 Å². The van der Waals surface area contributed by atoms with E-state index in [1.807, 2.05) is 6.92 Å². The van der Waals surface area contributed by atoms with Crippen molar-refractivity contribution in [1.29, 1.82) is 0 Å². The van der Waals surface area contributed by atoms with Crippen molar-refractivity contribution in [2.75, 3.05) is 13.1 Å². The number of hydrogen-bond donors (Lipinski definition) is 2. The fourth-order valence-electron chi connectivity index (χ4n) is 2.32. The quantitative estimate of drug-likeness (QED) is 0.791. The van der Waals surface area contributed by atoms with Crippen LogP contribution in [0.1, 0.15) is 30.1 Å². The van der Waals surface area contributed by atoms with E-state index in [1.54, 1.807) is 24.5 Å². The fraction of sp³-hybridized carbons (Fsp3) is 0.375. The SMILES string of the molecule is Cc1ccc(S(=O)(=O)O)cc1.Clc1cnc(C2CCNCC2)nc1. The number of piperidine rings is 1. The molecular weight excluding hydrogens is 350 g/mol. The van der Waals surface area contributed by atoms with Crippen molar-refractivity contribution in [3.8, 4) is 0 Å². The van der Waals surface area contributed by atoms with Crippen LogP contribution in [-0.4, -0.2) is 36.0 Å². The molecule has 0 radical (unpaired) electrons. The molecule has 1 aromatic carbocycles. The van der Waals surface area contributed by atoms with E-state index in [9.17, 15) is 8.42 Å². The van der Waals surface area contributed by atoms with Crippen LogP contribution in [-0.2, 0) is 10.1 Å². The second-order valence-corrected chi connectivity index (χ2v) is 7.43. The number of aromatic nitrogens is 2. The van der Waals surface area contributed by atoms with Crippen LogP contribution in [0.15, 0.2) is 41.6 Å². The molecule has 3 rings (SSSR count). The standard InChI is InChI=1S/C9H12ClN3.C7H8O3S/c10-8-5-12-9(13-6-8)7-1-3-11-4-2-7;1-6-2-4-7(5-3-6)11(8,9)10/h5-7,11H,1-4H2;2-5H,1H3,(H,8,9,10). The van der Waals surface area contributed by atoms with E-state index in [0.717, 1.165) is 37.3 Å². The van der Waals surface area contributed by atoms with E-state index < -0.39 is 10.1 Å². The van der Waals surface area contributed by atoms with Gasteiger partial charge in [-0.05, 0) is 45.0 Å². The Kier molecular flexibility index (Phi) is 6.68. The Morgan fingerprint density at radius 3 is 2.17 bits per heavy atom. The van der Waals surface area contributed by atoms with Crippen LogP contribution in [0.4, 0.5) is 0 Å². The smallest absolute Gasteiger partial charge is 0.294 e. The minimum Gasteiger partial charge on any atom is -0.317 e. The molecule has 1 aliphatic rings. The molecule has 24 heavy (non-hydrogen) atoms. The molecule has 1 saturated heterocycles. The van der Waals surface area contributed by atoms with Gasteiger partial charge in [-0.15, -0.1) is 0 Å². The molecule has 0 spiro atoms. The zero-order chi connectivity index (χ0) is 17.6. The Labute approximate surface area is 147 Å². The summed E-state index contributed by atoms with van der Waals surface area (Å²) in [4.78, 5) is 8.40. The lowest BCUT2D eigenvalue weighted by molar-refractivity contribution is 0.445. The van der Waals surface area contributed by atoms with Gasteiger partial charge in [-0.2, -0.15) is 8.42 Å². The maximum atomic E-state index is 10.5. The van der Waals surface area contributed by atoms with E-state index >= 15 is 0 Å². The molecule has 1 aromatic heterocycles. The lowest BCUT2D eigenvalue weighted by Gasteiger charge is -2.20. The minimum atomic E-state index is -4.02. The summed E-state index contributed by atoms with van der Waals surface area (Å²) in [7, 11) is -4.02. The Morgan fingerprint density at radius 2 is 1.67 bits per heavy atom. The summed E-state index contributed by atoms with van der Waals surface area (Å²) in [6.45, 7) is 3.97. The zero-order valence-corrected chi connectivity index (χ0v) is 14.9. The highest BCUT2D eigenvalue weighted by atomic mass is 35.5. The maximum absolute atomic E-state index is 10.5. The molecule has 1 aliphatic heterocycles. The van der Waals surface area contributed by atoms with E-state index in [2.05, 4.69) is 15.3 Å². The van der Waals surface area contributed by atoms with Crippen molar-refractivity contribution >= 4 is 21.7 Å². The zero-order valence-electron chi connectivity index (χ0n) is 13.3. The van der Waals surface area contributed by atoms with Gasteiger partial charge < -0.3 is 5.32 Å². The van der Waals surface area contributed by atoms with Gasteiger partial charge in [0.1, 0.15) is 5.82 Å². The van der Waals surface area contributed by atoms with Gasteiger partial charge in [0.25, 0.3) is 10.1 Å². The van der Waals surface area contributed by atoms with Crippen LogP contribution in [0, 0.1) is 6.92 Å². The molecule has 2 heterocycles. The van der Waals surface area contributed by atoms with Crippen molar-refractivity contribution < 1.29 is 13.0 Å². The van der Waals surface area contributed by atoms with Crippen LogP contribution in [0.2, 0.25) is 5.02 Å². The van der Waals surface area contributed by atoms with Gasteiger partial charge in [-0.25, -0.2) is 9.97 Å². The Bertz CT molecular complexity index is 743. The molecule has 0 unspecified atom stereocenters. The average molecular weight is 370 g/mol. The minimum absolute atomic E-state index is 0.0666. The molecule has 2 aromatic rings. The molecule has 130 valence electrons. The third-order valence-electron chi connectivity index (χ3n) is 3.66. The van der Waals surface area contributed by atoms with Crippen molar-refractivity contribution in [2.45, 2.75) is 30.6 Å². The first-order valence-corrected chi connectivity index (χ1v) is 9.40. The molecule has 0 saturated carbocycles. The number of rotatable bonds is 2. The fourth-order valence-corrected chi connectivity index (χ4v) is 2.90. The van der Waals surface area contributed by atoms with Gasteiger partial charge in [0.05, 0.1) is 9.92 Å². The molecule has 0 aliphatic carbocycles. The number of aryl methyl sites for hydroxylation is 1. The first-order chi connectivity index (χ1) is 11.4. The molecule has 6 nitrogen and oxygen atoms in total. The first-order valence-electron chi connectivity index (χ1n) is 7.58. The molecule has 0 bridgehead atoms. The highest BCUT2D eigenvalue weighted by molar-refractivity contribution is 7.85. The van der Waals surface area contributed by atoms with E-state index in [-0.39, 0.29) is 4.90 Å². The van der Waals surface area contributed by atoms with E-state index in [1.165, 1.54) is 12.1 Å². The molecule has 1 fully saturated rings. The van der Waals surface area contributed by atoms with Crippen LogP contribution < -0.4 is 5.32 Å². The monoisotopic (exact) mass is 369 g/mol. The summed E-state index contributed by atoms with van der Waals surface area (Å²) >= 11 is 5.71. The third-order valence-corrected chi connectivity index (χ3v) is 4.73. The van der Waals surface area contributed by atoms with E-state index in [0.29, 0.717) is 10.9 Å². The summed E-state index contributed by atoms with van der Waals surface area (Å²) in [5, 5.41) is 3.92. The van der Waals surface area contributed by atoms with Gasteiger partial charge in [0.2, 0.25) is 0 Å². The van der Waals surface area contributed by atoms with Gasteiger partial charge in [-0.3, -0.25) is 4.55 Å². The lowest BCUT2D eigenvalue weighted by Crippen LogP contribution is -2.27. The molecule has 2 N–H and O–H groups in total. The number of hydrogen-bond acceptors (Lipinski definition) is 5. The van der Waals surface area contributed by atoms with Crippen LogP contribution in [0.3, 0.4) is 0 Å². The lowest BCUT2D eigenvalue weighted by atomic mass is 9.97. The van der Waals surface area contributed by atoms with Crippen molar-refractivity contribution in [1.82, 2.24) is 15.3 Å². The summed E-state index contributed by atoms with van der Waals surface area (Å²) < 4.78 is 29.6. The van der Waals surface area contributed by atoms with Crippen LogP contribution in [0.25, 0.3) is 0 Å². The van der Waals surface area contributed by atoms with Gasteiger partial charge in [0.15, 0.2) is 0 Å². The molecule has 0 atom stereocenters. The third kappa shape index (κ3) is 5.83. The second kappa shape index (κ2) is 8.53. The number of halogens is 1.